The molecule has 1 atom stereocenters. The van der Waals surface area contributed by atoms with Crippen LogP contribution in [-0.2, 0) is 24.1 Å². The van der Waals surface area contributed by atoms with Gasteiger partial charge in [0.25, 0.3) is 11.8 Å². The smallest absolute Gasteiger partial charge is 0.266 e. The largest absolute Gasteiger partial charge is 0.490 e. The molecule has 1 aromatic carbocycles. The summed E-state index contributed by atoms with van der Waals surface area (Å²) in [5.74, 6) is 0.174. The first kappa shape index (κ1) is 21.1. The van der Waals surface area contributed by atoms with Crippen molar-refractivity contribution < 1.29 is 14.3 Å². The van der Waals surface area contributed by atoms with E-state index in [2.05, 4.69) is 10.6 Å². The third-order valence-corrected chi connectivity index (χ3v) is 6.77. The zero-order chi connectivity index (χ0) is 22.0. The van der Waals surface area contributed by atoms with Crippen LogP contribution in [0.25, 0.3) is 6.08 Å². The van der Waals surface area contributed by atoms with E-state index in [1.807, 2.05) is 38.1 Å². The summed E-state index contributed by atoms with van der Waals surface area (Å²) < 4.78 is 5.71. The Morgan fingerprint density at radius 3 is 2.90 bits per heavy atom. The molecule has 2 aromatic rings. The second-order valence-electron chi connectivity index (χ2n) is 7.90. The van der Waals surface area contributed by atoms with Crippen molar-refractivity contribution >= 4 is 34.2 Å². The van der Waals surface area contributed by atoms with Crippen molar-refractivity contribution in [2.45, 2.75) is 52.1 Å². The molecule has 0 saturated carbocycles. The Morgan fingerprint density at radius 2 is 2.13 bits per heavy atom. The van der Waals surface area contributed by atoms with Crippen LogP contribution in [0.15, 0.2) is 23.8 Å². The molecule has 7 heteroatoms. The minimum Gasteiger partial charge on any atom is -0.490 e. The first-order valence-corrected chi connectivity index (χ1v) is 11.5. The van der Waals surface area contributed by atoms with Crippen molar-refractivity contribution in [2.75, 3.05) is 11.9 Å². The normalized spacial score (nSPS) is 17.2. The molecule has 1 aromatic heterocycles. The lowest BCUT2D eigenvalue weighted by Gasteiger charge is -2.12. The van der Waals surface area contributed by atoms with Crippen LogP contribution in [0, 0.1) is 11.3 Å². The predicted octanol–water partition coefficient (Wildman–Crippen LogP) is 4.25. The lowest BCUT2D eigenvalue weighted by molar-refractivity contribution is -0.112. The van der Waals surface area contributed by atoms with E-state index in [4.69, 9.17) is 4.74 Å². The third kappa shape index (κ3) is 4.35. The molecule has 0 fully saturated rings. The minimum absolute atomic E-state index is 0.000125. The van der Waals surface area contributed by atoms with Gasteiger partial charge in [0.2, 0.25) is 0 Å². The number of rotatable bonds is 5. The SMILES string of the molecule is CCNC(=O)c1c(NC(=O)/C(C#N)=C\c2ccc3c(c2)CC(C)O3)sc2c1CCCC2. The molecule has 0 radical (unpaired) electrons. The number of fused-ring (bicyclic) bond motifs is 2. The number of nitriles is 1. The molecule has 160 valence electrons. The fraction of sp³-hybridized carbons (Fsp3) is 0.375. The molecule has 6 nitrogen and oxygen atoms in total. The topological polar surface area (TPSA) is 91.2 Å². The average molecular weight is 436 g/mol. The molecule has 2 aliphatic rings. The fourth-order valence-electron chi connectivity index (χ4n) is 4.16. The first-order valence-electron chi connectivity index (χ1n) is 10.7. The molecule has 0 bridgehead atoms. The van der Waals surface area contributed by atoms with E-state index in [0.717, 1.165) is 59.4 Å². The monoisotopic (exact) mass is 435 g/mol. The number of nitrogens with zero attached hydrogens (tertiary/aromatic N) is 1. The molecule has 1 aliphatic heterocycles. The van der Waals surface area contributed by atoms with E-state index in [1.165, 1.54) is 11.3 Å². The van der Waals surface area contributed by atoms with Crippen LogP contribution in [0.1, 0.15) is 58.6 Å². The summed E-state index contributed by atoms with van der Waals surface area (Å²) in [6, 6.07) is 7.67. The van der Waals surface area contributed by atoms with Crippen LogP contribution in [0.4, 0.5) is 5.00 Å². The summed E-state index contributed by atoms with van der Waals surface area (Å²) in [4.78, 5) is 26.8. The maximum absolute atomic E-state index is 12.9. The number of ether oxygens (including phenoxy) is 1. The number of thiophene rings is 1. The fourth-order valence-corrected chi connectivity index (χ4v) is 5.44. The van der Waals surface area contributed by atoms with Gasteiger partial charge in [-0.3, -0.25) is 9.59 Å². The number of anilines is 1. The van der Waals surface area contributed by atoms with Crippen molar-refractivity contribution in [3.63, 3.8) is 0 Å². The van der Waals surface area contributed by atoms with Gasteiger partial charge >= 0.3 is 0 Å². The second-order valence-corrected chi connectivity index (χ2v) is 9.00. The molecule has 1 aliphatic carbocycles. The van der Waals surface area contributed by atoms with Gasteiger partial charge in [-0.05, 0) is 74.4 Å². The van der Waals surface area contributed by atoms with Crippen molar-refractivity contribution in [3.05, 3.63) is 50.9 Å². The lowest BCUT2D eigenvalue weighted by Crippen LogP contribution is -2.25. The van der Waals surface area contributed by atoms with E-state index in [1.54, 1.807) is 6.08 Å². The maximum Gasteiger partial charge on any atom is 0.266 e. The zero-order valence-corrected chi connectivity index (χ0v) is 18.5. The van der Waals surface area contributed by atoms with Gasteiger partial charge in [-0.15, -0.1) is 11.3 Å². The second kappa shape index (κ2) is 8.94. The average Bonchev–Trinajstić information content (AvgIpc) is 3.30. The molecule has 0 spiro atoms. The van der Waals surface area contributed by atoms with Crippen molar-refractivity contribution in [3.8, 4) is 11.8 Å². The number of carbonyl (C=O) groups excluding carboxylic acids is 2. The van der Waals surface area contributed by atoms with Gasteiger partial charge in [0.15, 0.2) is 0 Å². The molecular formula is C24H25N3O3S. The molecule has 2 heterocycles. The number of amides is 2. The summed E-state index contributed by atoms with van der Waals surface area (Å²) in [6.07, 6.45) is 6.39. The molecule has 0 saturated heterocycles. The minimum atomic E-state index is -0.503. The van der Waals surface area contributed by atoms with Gasteiger partial charge in [0, 0.05) is 17.8 Å². The molecule has 4 rings (SSSR count). The molecule has 1 unspecified atom stereocenters. The molecule has 2 amide bonds. The number of nitrogens with one attached hydrogen (secondary N) is 2. The first-order chi connectivity index (χ1) is 15.0. The summed E-state index contributed by atoms with van der Waals surface area (Å²) in [7, 11) is 0. The number of benzene rings is 1. The van der Waals surface area contributed by atoms with Gasteiger partial charge in [-0.2, -0.15) is 5.26 Å². The summed E-state index contributed by atoms with van der Waals surface area (Å²) in [5.41, 5.74) is 3.43. The number of aryl methyl sites for hydroxylation is 1. The highest BCUT2D eigenvalue weighted by atomic mass is 32.1. The number of carbonyl (C=O) groups is 2. The van der Waals surface area contributed by atoms with Gasteiger partial charge < -0.3 is 15.4 Å². The van der Waals surface area contributed by atoms with E-state index in [9.17, 15) is 14.9 Å². The Labute approximate surface area is 185 Å². The third-order valence-electron chi connectivity index (χ3n) is 5.56. The highest BCUT2D eigenvalue weighted by Crippen LogP contribution is 2.38. The Bertz CT molecular complexity index is 1110. The van der Waals surface area contributed by atoms with Gasteiger partial charge in [-0.1, -0.05) is 6.07 Å². The van der Waals surface area contributed by atoms with E-state index >= 15 is 0 Å². The van der Waals surface area contributed by atoms with Crippen molar-refractivity contribution in [1.82, 2.24) is 5.32 Å². The Hall–Kier alpha value is -3.11. The van der Waals surface area contributed by atoms with Crippen LogP contribution in [0.5, 0.6) is 5.75 Å². The van der Waals surface area contributed by atoms with E-state index in [-0.39, 0.29) is 17.6 Å². The van der Waals surface area contributed by atoms with Crippen LogP contribution >= 0.6 is 11.3 Å². The van der Waals surface area contributed by atoms with Crippen LogP contribution in [0.3, 0.4) is 0 Å². The molecular weight excluding hydrogens is 410 g/mol. The molecule has 2 N–H and O–H groups in total. The van der Waals surface area contributed by atoms with Crippen LogP contribution in [-0.4, -0.2) is 24.5 Å². The maximum atomic E-state index is 12.9. The number of hydrogen-bond acceptors (Lipinski definition) is 5. The van der Waals surface area contributed by atoms with Gasteiger partial charge in [0.05, 0.1) is 5.56 Å². The lowest BCUT2D eigenvalue weighted by atomic mass is 9.95. The highest BCUT2D eigenvalue weighted by molar-refractivity contribution is 7.17. The van der Waals surface area contributed by atoms with E-state index in [0.29, 0.717) is 17.1 Å². The summed E-state index contributed by atoms with van der Waals surface area (Å²) in [6.45, 7) is 4.39. The van der Waals surface area contributed by atoms with Crippen molar-refractivity contribution in [2.24, 2.45) is 0 Å². The Morgan fingerprint density at radius 1 is 1.32 bits per heavy atom. The zero-order valence-electron chi connectivity index (χ0n) is 17.7. The van der Waals surface area contributed by atoms with Crippen molar-refractivity contribution in [1.29, 1.82) is 5.26 Å². The molecule has 31 heavy (non-hydrogen) atoms. The van der Waals surface area contributed by atoms with Crippen LogP contribution < -0.4 is 15.4 Å². The van der Waals surface area contributed by atoms with E-state index < -0.39 is 5.91 Å². The quantitative estimate of drug-likeness (QED) is 0.543. The summed E-state index contributed by atoms with van der Waals surface area (Å²) >= 11 is 1.45. The van der Waals surface area contributed by atoms with Gasteiger partial charge in [0.1, 0.15) is 28.5 Å². The van der Waals surface area contributed by atoms with Gasteiger partial charge in [-0.25, -0.2) is 0 Å². The summed E-state index contributed by atoms with van der Waals surface area (Å²) in [5, 5.41) is 15.8. The van der Waals surface area contributed by atoms with Crippen LogP contribution in [0.2, 0.25) is 0 Å². The number of hydrogen-bond donors (Lipinski definition) is 2. The predicted molar refractivity (Wildman–Crippen MR) is 121 cm³/mol. The Kier molecular flexibility index (Phi) is 6.10. The standard InChI is InChI=1S/C24H25N3O3S/c1-3-26-23(29)21-18-6-4-5-7-20(18)31-24(21)27-22(28)17(13-25)12-15-8-9-19-16(11-15)10-14(2)30-19/h8-9,11-12,14H,3-7,10H2,1-2H3,(H,26,29)(H,27,28)/b17-12-. The highest BCUT2D eigenvalue weighted by Gasteiger charge is 2.27. The Balaban J connectivity index is 1.61.